The number of methoxy groups -OCH3 is 3. The zero-order valence-corrected chi connectivity index (χ0v) is 19.2. The van der Waals surface area contributed by atoms with Gasteiger partial charge in [0.25, 0.3) is 11.8 Å². The van der Waals surface area contributed by atoms with Crippen LogP contribution in [0.2, 0.25) is 0 Å². The maximum atomic E-state index is 13.9. The molecule has 9 heteroatoms. The van der Waals surface area contributed by atoms with Crippen molar-refractivity contribution in [1.82, 2.24) is 4.98 Å². The van der Waals surface area contributed by atoms with Crippen molar-refractivity contribution in [3.63, 3.8) is 0 Å². The Balaban J connectivity index is 1.83. The van der Waals surface area contributed by atoms with Crippen molar-refractivity contribution in [3.8, 4) is 28.5 Å². The van der Waals surface area contributed by atoms with Gasteiger partial charge in [-0.15, -0.1) is 0 Å². The fourth-order valence-corrected chi connectivity index (χ4v) is 3.73. The summed E-state index contributed by atoms with van der Waals surface area (Å²) >= 11 is 0. The van der Waals surface area contributed by atoms with Crippen LogP contribution in [0.25, 0.3) is 22.2 Å². The molecule has 2 amide bonds. The van der Waals surface area contributed by atoms with E-state index in [2.05, 4.69) is 5.32 Å². The van der Waals surface area contributed by atoms with Crippen LogP contribution >= 0.6 is 0 Å². The Kier molecular flexibility index (Phi) is 6.50. The number of pyridine rings is 1. The summed E-state index contributed by atoms with van der Waals surface area (Å²) in [7, 11) is 4.53. The lowest BCUT2D eigenvalue weighted by Gasteiger charge is -2.15. The van der Waals surface area contributed by atoms with E-state index in [1.165, 1.54) is 33.5 Å². The first-order chi connectivity index (χ1) is 16.9. The number of fused-ring (bicyclic) bond motifs is 1. The van der Waals surface area contributed by atoms with E-state index >= 15 is 0 Å². The normalized spacial score (nSPS) is 10.6. The van der Waals surface area contributed by atoms with Crippen molar-refractivity contribution in [3.05, 3.63) is 77.6 Å². The number of primary amides is 1. The van der Waals surface area contributed by atoms with Gasteiger partial charge in [0.05, 0.1) is 43.7 Å². The molecule has 35 heavy (non-hydrogen) atoms. The predicted molar refractivity (Wildman–Crippen MR) is 130 cm³/mol. The van der Waals surface area contributed by atoms with Gasteiger partial charge in [-0.3, -0.25) is 9.59 Å². The van der Waals surface area contributed by atoms with Crippen LogP contribution in [0.15, 0.2) is 60.7 Å². The molecule has 0 unspecified atom stereocenters. The van der Waals surface area contributed by atoms with Gasteiger partial charge < -0.3 is 25.3 Å². The molecule has 0 saturated heterocycles. The van der Waals surface area contributed by atoms with E-state index in [9.17, 15) is 14.0 Å². The summed E-state index contributed by atoms with van der Waals surface area (Å²) in [6.45, 7) is 0. The number of amides is 2. The first kappa shape index (κ1) is 23.5. The largest absolute Gasteiger partial charge is 0.493 e. The van der Waals surface area contributed by atoms with Crippen LogP contribution in [-0.4, -0.2) is 38.1 Å². The number of benzene rings is 3. The van der Waals surface area contributed by atoms with Gasteiger partial charge in [0, 0.05) is 16.6 Å². The van der Waals surface area contributed by atoms with E-state index in [0.29, 0.717) is 45.0 Å². The number of carbonyl (C=O) groups excluding carboxylic acids is 2. The van der Waals surface area contributed by atoms with Gasteiger partial charge in [-0.25, -0.2) is 9.37 Å². The number of carbonyl (C=O) groups is 2. The number of halogens is 1. The van der Waals surface area contributed by atoms with Gasteiger partial charge >= 0.3 is 0 Å². The molecular formula is C26H22FN3O5. The third-order valence-electron chi connectivity index (χ3n) is 5.41. The summed E-state index contributed by atoms with van der Waals surface area (Å²) in [5, 5.41) is 3.31. The fraction of sp³-hybridized carbons (Fsp3) is 0.115. The Morgan fingerprint density at radius 1 is 0.886 bits per heavy atom. The van der Waals surface area contributed by atoms with E-state index in [1.807, 2.05) is 6.07 Å². The van der Waals surface area contributed by atoms with Crippen LogP contribution < -0.4 is 25.3 Å². The van der Waals surface area contributed by atoms with Gasteiger partial charge in [0.15, 0.2) is 11.5 Å². The molecule has 0 saturated carbocycles. The van der Waals surface area contributed by atoms with Crippen molar-refractivity contribution in [2.75, 3.05) is 26.6 Å². The summed E-state index contributed by atoms with van der Waals surface area (Å²) in [5.74, 6) is -0.869. The lowest BCUT2D eigenvalue weighted by Crippen LogP contribution is -2.16. The first-order valence-electron chi connectivity index (χ1n) is 10.5. The molecule has 3 aromatic carbocycles. The van der Waals surface area contributed by atoms with Crippen LogP contribution in [0.1, 0.15) is 20.7 Å². The van der Waals surface area contributed by atoms with Crippen molar-refractivity contribution in [2.24, 2.45) is 5.73 Å². The molecule has 1 heterocycles. The summed E-state index contributed by atoms with van der Waals surface area (Å²) in [6, 6.07) is 15.9. The van der Waals surface area contributed by atoms with E-state index in [0.717, 1.165) is 6.07 Å². The van der Waals surface area contributed by atoms with Crippen molar-refractivity contribution < 1.29 is 28.2 Å². The minimum Gasteiger partial charge on any atom is -0.493 e. The minimum absolute atomic E-state index is 0.223. The Morgan fingerprint density at radius 3 is 2.20 bits per heavy atom. The van der Waals surface area contributed by atoms with Crippen LogP contribution in [0, 0.1) is 5.82 Å². The van der Waals surface area contributed by atoms with E-state index in [4.69, 9.17) is 24.9 Å². The molecule has 0 spiro atoms. The van der Waals surface area contributed by atoms with Crippen LogP contribution in [0.5, 0.6) is 17.2 Å². The molecule has 0 atom stereocenters. The van der Waals surface area contributed by atoms with Gasteiger partial charge in [0.1, 0.15) is 5.82 Å². The summed E-state index contributed by atoms with van der Waals surface area (Å²) in [4.78, 5) is 29.5. The summed E-state index contributed by atoms with van der Waals surface area (Å²) in [6.07, 6.45) is 0. The number of nitrogens with zero attached hydrogens (tertiary/aromatic N) is 1. The zero-order chi connectivity index (χ0) is 25.1. The number of ether oxygens (including phenoxy) is 3. The summed E-state index contributed by atoms with van der Waals surface area (Å²) in [5.41, 5.74) is 7.16. The van der Waals surface area contributed by atoms with Crippen LogP contribution in [-0.2, 0) is 0 Å². The Morgan fingerprint density at radius 2 is 1.57 bits per heavy atom. The highest BCUT2D eigenvalue weighted by atomic mass is 19.1. The van der Waals surface area contributed by atoms with E-state index < -0.39 is 17.6 Å². The molecule has 0 aliphatic rings. The molecule has 8 nitrogen and oxygen atoms in total. The molecule has 0 fully saturated rings. The molecular weight excluding hydrogens is 453 g/mol. The molecule has 4 rings (SSSR count). The van der Waals surface area contributed by atoms with Gasteiger partial charge in [-0.1, -0.05) is 18.2 Å². The average molecular weight is 475 g/mol. The topological polar surface area (TPSA) is 113 Å². The molecule has 3 N–H and O–H groups in total. The highest BCUT2D eigenvalue weighted by Crippen LogP contribution is 2.41. The Labute approximate surface area is 200 Å². The monoisotopic (exact) mass is 475 g/mol. The smallest absolute Gasteiger partial charge is 0.256 e. The van der Waals surface area contributed by atoms with E-state index in [-0.39, 0.29) is 11.3 Å². The maximum Gasteiger partial charge on any atom is 0.256 e. The molecule has 178 valence electrons. The molecule has 0 radical (unpaired) electrons. The van der Waals surface area contributed by atoms with Gasteiger partial charge in [0.2, 0.25) is 5.75 Å². The quantitative estimate of drug-likeness (QED) is 0.409. The highest BCUT2D eigenvalue weighted by Gasteiger charge is 2.19. The van der Waals surface area contributed by atoms with Crippen LogP contribution in [0.3, 0.4) is 0 Å². The summed E-state index contributed by atoms with van der Waals surface area (Å²) < 4.78 is 30.1. The average Bonchev–Trinajstić information content (AvgIpc) is 2.87. The minimum atomic E-state index is -0.933. The number of para-hydroxylation sites is 1. The van der Waals surface area contributed by atoms with E-state index in [1.54, 1.807) is 36.4 Å². The van der Waals surface area contributed by atoms with Crippen molar-refractivity contribution >= 4 is 28.4 Å². The molecule has 0 aliphatic carbocycles. The van der Waals surface area contributed by atoms with Crippen molar-refractivity contribution in [1.29, 1.82) is 0 Å². The third kappa shape index (κ3) is 4.56. The third-order valence-corrected chi connectivity index (χ3v) is 5.41. The Bertz CT molecular complexity index is 1430. The van der Waals surface area contributed by atoms with Crippen molar-refractivity contribution in [2.45, 2.75) is 0 Å². The standard InChI is InChI=1S/C26H22FN3O5/c1-33-22-10-14(11-23(34-2)24(22)35-3)21-13-17(16-6-4-5-7-20(16)30-21)26(32)29-15-8-9-19(27)18(12-15)25(28)31/h4-13H,1-3H3,(H2,28,31)(H,29,32). The fourth-order valence-electron chi connectivity index (χ4n) is 3.73. The number of rotatable bonds is 7. The maximum absolute atomic E-state index is 13.9. The number of hydrogen-bond donors (Lipinski definition) is 2. The number of hydrogen-bond acceptors (Lipinski definition) is 6. The lowest BCUT2D eigenvalue weighted by atomic mass is 10.0. The van der Waals surface area contributed by atoms with Gasteiger partial charge in [-0.2, -0.15) is 0 Å². The highest BCUT2D eigenvalue weighted by molar-refractivity contribution is 6.13. The molecule has 1 aromatic heterocycles. The molecule has 4 aromatic rings. The second-order valence-electron chi connectivity index (χ2n) is 7.50. The second-order valence-corrected chi connectivity index (χ2v) is 7.50. The number of aromatic nitrogens is 1. The Hall–Kier alpha value is -4.66. The van der Waals surface area contributed by atoms with Crippen LogP contribution in [0.4, 0.5) is 10.1 Å². The predicted octanol–water partition coefficient (Wildman–Crippen LogP) is 4.42. The number of nitrogens with two attached hydrogens (primary N) is 1. The lowest BCUT2D eigenvalue weighted by molar-refractivity contribution is 0.0992. The molecule has 0 bridgehead atoms. The zero-order valence-electron chi connectivity index (χ0n) is 19.2. The first-order valence-corrected chi connectivity index (χ1v) is 10.5. The van der Waals surface area contributed by atoms with Gasteiger partial charge in [-0.05, 0) is 42.5 Å². The number of anilines is 1. The SMILES string of the molecule is COc1cc(-c2cc(C(=O)Nc3ccc(F)c(C(N)=O)c3)c3ccccc3n2)cc(OC)c1OC. The number of nitrogens with one attached hydrogen (secondary N) is 1. The second kappa shape index (κ2) is 9.68. The molecule has 0 aliphatic heterocycles.